The molecule has 0 saturated heterocycles. The van der Waals surface area contributed by atoms with Crippen LogP contribution in [0.4, 0.5) is 0 Å². The van der Waals surface area contributed by atoms with Gasteiger partial charge in [-0.25, -0.2) is 0 Å². The van der Waals surface area contributed by atoms with Crippen LogP contribution in [0.2, 0.25) is 0 Å². The first kappa shape index (κ1) is 11.5. The van der Waals surface area contributed by atoms with E-state index in [9.17, 15) is 10.2 Å². The van der Waals surface area contributed by atoms with Crippen LogP contribution in [0.3, 0.4) is 0 Å². The molecule has 0 aromatic rings. The first-order valence-electron chi connectivity index (χ1n) is 5.05. The van der Waals surface area contributed by atoms with E-state index in [1.807, 2.05) is 27.7 Å². The van der Waals surface area contributed by atoms with Gasteiger partial charge in [-0.3, -0.25) is 0 Å². The number of rotatable bonds is 1. The SMILES string of the molecule is CC(O)C1C(O)=CC(C)(C)NC1(C)C. The topological polar surface area (TPSA) is 52.5 Å². The van der Waals surface area contributed by atoms with E-state index in [0.29, 0.717) is 0 Å². The average molecular weight is 199 g/mol. The third-order valence-electron chi connectivity index (χ3n) is 2.73. The molecule has 1 aliphatic heterocycles. The highest BCUT2D eigenvalue weighted by atomic mass is 16.3. The molecule has 0 bridgehead atoms. The zero-order chi connectivity index (χ0) is 11.1. The lowest BCUT2D eigenvalue weighted by molar-refractivity contribution is 0.0434. The predicted molar refractivity (Wildman–Crippen MR) is 57.2 cm³/mol. The van der Waals surface area contributed by atoms with Crippen LogP contribution in [0.15, 0.2) is 11.8 Å². The Morgan fingerprint density at radius 1 is 1.36 bits per heavy atom. The Morgan fingerprint density at radius 2 is 1.86 bits per heavy atom. The fourth-order valence-corrected chi connectivity index (χ4v) is 2.62. The van der Waals surface area contributed by atoms with E-state index >= 15 is 0 Å². The molecule has 2 atom stereocenters. The zero-order valence-corrected chi connectivity index (χ0v) is 9.63. The van der Waals surface area contributed by atoms with Crippen molar-refractivity contribution >= 4 is 0 Å². The molecule has 0 aliphatic carbocycles. The molecular formula is C11H21NO2. The van der Waals surface area contributed by atoms with E-state index in [-0.39, 0.29) is 22.8 Å². The lowest BCUT2D eigenvalue weighted by Crippen LogP contribution is -2.61. The van der Waals surface area contributed by atoms with Gasteiger partial charge in [-0.2, -0.15) is 0 Å². The van der Waals surface area contributed by atoms with Crippen molar-refractivity contribution in [2.45, 2.75) is 51.8 Å². The van der Waals surface area contributed by atoms with Crippen molar-refractivity contribution < 1.29 is 10.2 Å². The van der Waals surface area contributed by atoms with Gasteiger partial charge >= 0.3 is 0 Å². The average Bonchev–Trinajstić information content (AvgIpc) is 1.75. The lowest BCUT2D eigenvalue weighted by atomic mass is 9.76. The van der Waals surface area contributed by atoms with Gasteiger partial charge in [-0.15, -0.1) is 0 Å². The summed E-state index contributed by atoms with van der Waals surface area (Å²) in [5, 5.41) is 22.9. The number of aliphatic hydroxyl groups excluding tert-OH is 2. The zero-order valence-electron chi connectivity index (χ0n) is 9.63. The van der Waals surface area contributed by atoms with Gasteiger partial charge in [0.2, 0.25) is 0 Å². The molecule has 3 heteroatoms. The van der Waals surface area contributed by atoms with Crippen molar-refractivity contribution in [2.24, 2.45) is 5.92 Å². The van der Waals surface area contributed by atoms with Crippen molar-refractivity contribution in [2.75, 3.05) is 0 Å². The molecule has 82 valence electrons. The molecule has 0 saturated carbocycles. The molecule has 0 spiro atoms. The highest BCUT2D eigenvalue weighted by Crippen LogP contribution is 2.34. The Labute approximate surface area is 85.8 Å². The summed E-state index contributed by atoms with van der Waals surface area (Å²) in [5.41, 5.74) is -0.518. The van der Waals surface area contributed by atoms with Gasteiger partial charge in [0.1, 0.15) is 0 Å². The highest BCUT2D eigenvalue weighted by molar-refractivity contribution is 5.20. The number of hydrogen-bond donors (Lipinski definition) is 3. The molecule has 3 nitrogen and oxygen atoms in total. The number of aliphatic hydroxyl groups is 2. The summed E-state index contributed by atoms with van der Waals surface area (Å²) in [6.45, 7) is 9.70. The van der Waals surface area contributed by atoms with E-state index in [0.717, 1.165) is 0 Å². The standard InChI is InChI=1S/C11H21NO2/c1-7(13)9-8(14)6-10(2,3)12-11(9,4)5/h6-7,9,12-14H,1-5H3. The quantitative estimate of drug-likeness (QED) is 0.601. The van der Waals surface area contributed by atoms with Crippen LogP contribution in [0.5, 0.6) is 0 Å². The van der Waals surface area contributed by atoms with Gasteiger partial charge in [-0.1, -0.05) is 0 Å². The Hall–Kier alpha value is -0.540. The second-order valence-corrected chi connectivity index (χ2v) is 5.36. The maximum atomic E-state index is 9.87. The first-order valence-corrected chi connectivity index (χ1v) is 5.05. The van der Waals surface area contributed by atoms with E-state index < -0.39 is 6.10 Å². The van der Waals surface area contributed by atoms with Crippen LogP contribution in [0, 0.1) is 5.92 Å². The molecule has 1 rings (SSSR count). The summed E-state index contributed by atoms with van der Waals surface area (Å²) in [7, 11) is 0. The summed E-state index contributed by atoms with van der Waals surface area (Å²) < 4.78 is 0. The number of hydrogen-bond acceptors (Lipinski definition) is 3. The van der Waals surface area contributed by atoms with Gasteiger partial charge in [0.15, 0.2) is 0 Å². The van der Waals surface area contributed by atoms with Crippen molar-refractivity contribution in [1.29, 1.82) is 0 Å². The van der Waals surface area contributed by atoms with Crippen LogP contribution in [-0.2, 0) is 0 Å². The summed E-state index contributed by atoms with van der Waals surface area (Å²) in [6, 6.07) is 0. The van der Waals surface area contributed by atoms with Crippen LogP contribution in [0.25, 0.3) is 0 Å². The van der Waals surface area contributed by atoms with Crippen LogP contribution in [-0.4, -0.2) is 27.4 Å². The summed E-state index contributed by atoms with van der Waals surface area (Å²) in [6.07, 6.45) is 1.22. The third-order valence-corrected chi connectivity index (χ3v) is 2.73. The van der Waals surface area contributed by atoms with E-state index in [1.165, 1.54) is 0 Å². The van der Waals surface area contributed by atoms with E-state index in [4.69, 9.17) is 0 Å². The second-order valence-electron chi connectivity index (χ2n) is 5.36. The largest absolute Gasteiger partial charge is 0.512 e. The fraction of sp³-hybridized carbons (Fsp3) is 0.818. The molecule has 14 heavy (non-hydrogen) atoms. The molecular weight excluding hydrogens is 178 g/mol. The molecule has 0 aromatic carbocycles. The van der Waals surface area contributed by atoms with Crippen molar-refractivity contribution in [3.63, 3.8) is 0 Å². The monoisotopic (exact) mass is 199 g/mol. The van der Waals surface area contributed by atoms with Gasteiger partial charge in [0.05, 0.1) is 17.8 Å². The summed E-state index contributed by atoms with van der Waals surface area (Å²) >= 11 is 0. The van der Waals surface area contributed by atoms with Gasteiger partial charge < -0.3 is 15.5 Å². The Morgan fingerprint density at radius 3 is 2.21 bits per heavy atom. The van der Waals surface area contributed by atoms with Gasteiger partial charge in [-0.05, 0) is 40.7 Å². The van der Waals surface area contributed by atoms with Crippen molar-refractivity contribution in [3.8, 4) is 0 Å². The first-order chi connectivity index (χ1) is 6.16. The maximum Gasteiger partial charge on any atom is 0.0976 e. The Balaban J connectivity index is 3.08. The molecule has 0 aromatic heterocycles. The minimum Gasteiger partial charge on any atom is -0.512 e. The van der Waals surface area contributed by atoms with E-state index in [2.05, 4.69) is 5.32 Å². The van der Waals surface area contributed by atoms with Crippen LogP contribution >= 0.6 is 0 Å². The minimum atomic E-state index is -0.551. The summed E-state index contributed by atoms with van der Waals surface area (Å²) in [5.74, 6) is 0.0456. The van der Waals surface area contributed by atoms with Crippen LogP contribution in [0.1, 0.15) is 34.6 Å². The Bertz CT molecular complexity index is 254. The lowest BCUT2D eigenvalue weighted by Gasteiger charge is -2.46. The van der Waals surface area contributed by atoms with E-state index in [1.54, 1.807) is 13.0 Å². The minimum absolute atomic E-state index is 0.223. The van der Waals surface area contributed by atoms with Gasteiger partial charge in [0, 0.05) is 11.1 Å². The molecule has 2 unspecified atom stereocenters. The molecule has 0 amide bonds. The predicted octanol–water partition coefficient (Wildman–Crippen LogP) is 1.59. The second kappa shape index (κ2) is 3.24. The van der Waals surface area contributed by atoms with Crippen molar-refractivity contribution in [3.05, 3.63) is 11.8 Å². The summed E-state index contributed by atoms with van der Waals surface area (Å²) in [4.78, 5) is 0. The molecule has 0 fully saturated rings. The molecule has 1 aliphatic rings. The molecule has 3 N–H and O–H groups in total. The number of nitrogens with one attached hydrogen (secondary N) is 1. The molecule has 1 heterocycles. The highest BCUT2D eigenvalue weighted by Gasteiger charge is 2.43. The third kappa shape index (κ3) is 2.10. The Kier molecular flexibility index (Phi) is 2.67. The molecule has 0 radical (unpaired) electrons. The van der Waals surface area contributed by atoms with Crippen molar-refractivity contribution in [1.82, 2.24) is 5.32 Å². The maximum absolute atomic E-state index is 9.87. The van der Waals surface area contributed by atoms with Crippen LogP contribution < -0.4 is 5.32 Å². The van der Waals surface area contributed by atoms with Gasteiger partial charge in [0.25, 0.3) is 0 Å². The smallest absolute Gasteiger partial charge is 0.0976 e. The normalized spacial score (nSPS) is 32.1. The fourth-order valence-electron chi connectivity index (χ4n) is 2.62.